The lowest BCUT2D eigenvalue weighted by Gasteiger charge is -2.57. The monoisotopic (exact) mass is 625 g/mol. The second-order valence-electron chi connectivity index (χ2n) is 16.2. The maximum atomic E-state index is 13.9. The summed E-state index contributed by atoms with van der Waals surface area (Å²) in [6.07, 6.45) is 29.3. The van der Waals surface area contributed by atoms with Crippen LogP contribution >= 0.6 is 0 Å². The molecule has 0 aromatic heterocycles. The highest BCUT2D eigenvalue weighted by molar-refractivity contribution is 5.99. The normalized spacial score (nSPS) is 31.5. The molecular weight excluding hydrogens is 556 g/mol. The van der Waals surface area contributed by atoms with E-state index in [1.807, 2.05) is 6.08 Å². The van der Waals surface area contributed by atoms with Crippen molar-refractivity contribution in [2.75, 3.05) is 0 Å². The van der Waals surface area contributed by atoms with Gasteiger partial charge in [0.15, 0.2) is 5.78 Å². The fraction of sp³-hybridized carbons (Fsp3) is 0.878. The molecule has 7 atom stereocenters. The summed E-state index contributed by atoms with van der Waals surface area (Å²) in [5, 5.41) is 0. The van der Waals surface area contributed by atoms with Gasteiger partial charge in [0.05, 0.1) is 0 Å². The average Bonchev–Trinajstić information content (AvgIpc) is 3.35. The third-order valence-electron chi connectivity index (χ3n) is 13.2. The maximum Gasteiger partial charge on any atom is 0.316 e. The van der Waals surface area contributed by atoms with Crippen molar-refractivity contribution in [2.24, 2.45) is 34.5 Å². The minimum atomic E-state index is -0.578. The van der Waals surface area contributed by atoms with Gasteiger partial charge in [0, 0.05) is 18.3 Å². The summed E-state index contributed by atoms with van der Waals surface area (Å²) in [5.41, 5.74) is 1.58. The molecule has 0 amide bonds. The van der Waals surface area contributed by atoms with Crippen LogP contribution in [0.1, 0.15) is 188 Å². The first-order valence-corrected chi connectivity index (χ1v) is 19.7. The molecule has 3 fully saturated rings. The SMILES string of the molecule is CCCCCCCCCCC(=O)C(CCCCCCCCC)C(=O)O[C@H]1CC[C@H]2[C@@H]3CCC4=CC(=O)CC[C@]4(C)[C@H]3CC[C@]12C. The van der Waals surface area contributed by atoms with Crippen molar-refractivity contribution in [1.29, 1.82) is 0 Å². The number of rotatable bonds is 20. The summed E-state index contributed by atoms with van der Waals surface area (Å²) in [6.45, 7) is 9.32. The lowest BCUT2D eigenvalue weighted by atomic mass is 9.47. The Morgan fingerprint density at radius 1 is 0.756 bits per heavy atom. The van der Waals surface area contributed by atoms with Gasteiger partial charge in [-0.15, -0.1) is 0 Å². The minimum absolute atomic E-state index is 0.00351. The summed E-state index contributed by atoms with van der Waals surface area (Å²) in [6, 6.07) is 0. The number of hydrogen-bond acceptors (Lipinski definition) is 4. The molecule has 4 aliphatic carbocycles. The van der Waals surface area contributed by atoms with Crippen molar-refractivity contribution in [3.8, 4) is 0 Å². The molecule has 0 saturated heterocycles. The molecule has 256 valence electrons. The standard InChI is InChI=1S/C41H68O4/c1-5-7-9-11-13-15-17-19-21-37(43)34(20-18-16-14-12-10-8-6-2)39(44)45-38-25-24-35-33-23-22-31-30-32(42)26-28-40(31,3)36(33)27-29-41(35,38)4/h30,33-36,38H,5-29H2,1-4H3/t33-,34?,35-,36-,38-,40-,41-/m0/s1. The topological polar surface area (TPSA) is 60.4 Å². The van der Waals surface area contributed by atoms with Crippen LogP contribution in [0.3, 0.4) is 0 Å². The molecule has 1 unspecified atom stereocenters. The van der Waals surface area contributed by atoms with E-state index in [1.165, 1.54) is 76.2 Å². The Morgan fingerprint density at radius 3 is 2.04 bits per heavy atom. The smallest absolute Gasteiger partial charge is 0.316 e. The molecule has 0 heterocycles. The van der Waals surface area contributed by atoms with Crippen LogP contribution in [0.2, 0.25) is 0 Å². The van der Waals surface area contributed by atoms with E-state index in [0.717, 1.165) is 70.6 Å². The van der Waals surface area contributed by atoms with Gasteiger partial charge in [0.25, 0.3) is 0 Å². The average molecular weight is 625 g/mol. The molecule has 0 bridgehead atoms. The predicted molar refractivity (Wildman–Crippen MR) is 185 cm³/mol. The number of fused-ring (bicyclic) bond motifs is 5. The number of ether oxygens (including phenoxy) is 1. The van der Waals surface area contributed by atoms with Gasteiger partial charge in [0.1, 0.15) is 17.8 Å². The number of carbonyl (C=O) groups excluding carboxylic acids is 3. The third-order valence-corrected chi connectivity index (χ3v) is 13.2. The van der Waals surface area contributed by atoms with Crippen molar-refractivity contribution in [3.05, 3.63) is 11.6 Å². The highest BCUT2D eigenvalue weighted by atomic mass is 16.5. The molecule has 0 aromatic rings. The van der Waals surface area contributed by atoms with E-state index in [2.05, 4.69) is 27.7 Å². The summed E-state index contributed by atoms with van der Waals surface area (Å²) in [5.74, 6) is 1.51. The second-order valence-corrected chi connectivity index (χ2v) is 16.2. The molecular formula is C41H68O4. The fourth-order valence-electron chi connectivity index (χ4n) is 10.3. The highest BCUT2D eigenvalue weighted by Gasteiger charge is 2.60. The van der Waals surface area contributed by atoms with E-state index >= 15 is 0 Å². The fourth-order valence-corrected chi connectivity index (χ4v) is 10.3. The van der Waals surface area contributed by atoms with Crippen LogP contribution in [0.25, 0.3) is 0 Å². The van der Waals surface area contributed by atoms with Gasteiger partial charge in [-0.05, 0) is 87.0 Å². The van der Waals surface area contributed by atoms with Crippen molar-refractivity contribution >= 4 is 17.5 Å². The van der Waals surface area contributed by atoms with Crippen LogP contribution in [-0.4, -0.2) is 23.6 Å². The number of unbranched alkanes of at least 4 members (excludes halogenated alkanes) is 13. The molecule has 0 aliphatic heterocycles. The molecule has 4 heteroatoms. The van der Waals surface area contributed by atoms with Gasteiger partial charge in [0.2, 0.25) is 0 Å². The van der Waals surface area contributed by atoms with Crippen LogP contribution in [0.5, 0.6) is 0 Å². The van der Waals surface area contributed by atoms with Crippen molar-refractivity contribution in [1.82, 2.24) is 0 Å². The van der Waals surface area contributed by atoms with Gasteiger partial charge >= 0.3 is 5.97 Å². The van der Waals surface area contributed by atoms with Crippen LogP contribution < -0.4 is 0 Å². The van der Waals surface area contributed by atoms with Gasteiger partial charge in [-0.25, -0.2) is 0 Å². The Bertz CT molecular complexity index is 997. The summed E-state index contributed by atoms with van der Waals surface area (Å²) in [7, 11) is 0. The van der Waals surface area contributed by atoms with Crippen molar-refractivity contribution < 1.29 is 19.1 Å². The van der Waals surface area contributed by atoms with Crippen molar-refractivity contribution in [3.63, 3.8) is 0 Å². The Morgan fingerprint density at radius 2 is 1.38 bits per heavy atom. The second kappa shape index (κ2) is 17.6. The number of allylic oxidation sites excluding steroid dienone is 1. The van der Waals surface area contributed by atoms with E-state index < -0.39 is 5.92 Å². The number of ketones is 2. The molecule has 0 radical (unpaired) electrons. The Labute approximate surface area is 276 Å². The number of Topliss-reactive ketones (excluding diaryl/α,β-unsaturated/α-hetero) is 1. The lowest BCUT2D eigenvalue weighted by molar-refractivity contribution is -0.166. The van der Waals surface area contributed by atoms with Crippen LogP contribution in [0.15, 0.2) is 11.6 Å². The van der Waals surface area contributed by atoms with Gasteiger partial charge in [-0.1, -0.05) is 123 Å². The molecule has 0 spiro atoms. The molecule has 0 N–H and O–H groups in total. The first kappa shape index (κ1) is 36.4. The van der Waals surface area contributed by atoms with Crippen LogP contribution in [-0.2, 0) is 19.1 Å². The third kappa shape index (κ3) is 9.13. The van der Waals surface area contributed by atoms with E-state index in [1.54, 1.807) is 0 Å². The van der Waals surface area contributed by atoms with Crippen molar-refractivity contribution in [2.45, 2.75) is 194 Å². The number of carbonyl (C=O) groups is 3. The first-order chi connectivity index (χ1) is 21.7. The quantitative estimate of drug-likeness (QED) is 0.0768. The maximum absolute atomic E-state index is 13.9. The number of esters is 1. The summed E-state index contributed by atoms with van der Waals surface area (Å²) < 4.78 is 6.47. The van der Waals surface area contributed by atoms with Gasteiger partial charge in [-0.3, -0.25) is 14.4 Å². The summed E-state index contributed by atoms with van der Waals surface area (Å²) >= 11 is 0. The Kier molecular flexibility index (Phi) is 14.3. The van der Waals surface area contributed by atoms with Gasteiger partial charge < -0.3 is 4.74 Å². The number of hydrogen-bond donors (Lipinski definition) is 0. The highest BCUT2D eigenvalue weighted by Crippen LogP contribution is 2.65. The lowest BCUT2D eigenvalue weighted by Crippen LogP contribution is -2.51. The Balaban J connectivity index is 1.33. The van der Waals surface area contributed by atoms with E-state index in [0.29, 0.717) is 42.8 Å². The van der Waals surface area contributed by atoms with E-state index in [4.69, 9.17) is 4.74 Å². The first-order valence-electron chi connectivity index (χ1n) is 19.7. The zero-order chi connectivity index (χ0) is 32.3. The van der Waals surface area contributed by atoms with Gasteiger partial charge in [-0.2, -0.15) is 0 Å². The van der Waals surface area contributed by atoms with Crippen LogP contribution in [0.4, 0.5) is 0 Å². The van der Waals surface area contributed by atoms with Crippen LogP contribution in [0, 0.1) is 34.5 Å². The molecule has 0 aromatic carbocycles. The minimum Gasteiger partial charge on any atom is -0.461 e. The molecule has 4 rings (SSSR count). The predicted octanol–water partition coefficient (Wildman–Crippen LogP) is 11.3. The van der Waals surface area contributed by atoms with E-state index in [-0.39, 0.29) is 28.7 Å². The summed E-state index contributed by atoms with van der Waals surface area (Å²) in [4.78, 5) is 39.6. The molecule has 4 nitrogen and oxygen atoms in total. The Hall–Kier alpha value is -1.45. The largest absolute Gasteiger partial charge is 0.461 e. The molecule has 3 saturated carbocycles. The zero-order valence-electron chi connectivity index (χ0n) is 29.8. The molecule has 4 aliphatic rings. The molecule has 45 heavy (non-hydrogen) atoms. The van der Waals surface area contributed by atoms with E-state index in [9.17, 15) is 14.4 Å². The zero-order valence-corrected chi connectivity index (χ0v) is 29.8.